The van der Waals surface area contributed by atoms with Crippen molar-refractivity contribution in [3.63, 3.8) is 0 Å². The maximum absolute atomic E-state index is 9.41. The van der Waals surface area contributed by atoms with E-state index in [0.29, 0.717) is 0 Å². The molecule has 76 valence electrons. The Hall–Kier alpha value is -2.07. The van der Waals surface area contributed by atoms with Crippen molar-refractivity contribution in [2.45, 2.75) is 12.3 Å². The molecule has 16 heavy (non-hydrogen) atoms. The lowest BCUT2D eigenvalue weighted by Gasteiger charge is -2.17. The van der Waals surface area contributed by atoms with Gasteiger partial charge in [0.1, 0.15) is 5.41 Å². The second-order valence-electron chi connectivity index (χ2n) is 4.42. The predicted octanol–water partition coefficient (Wildman–Crippen LogP) is 3.65. The van der Waals surface area contributed by atoms with Crippen molar-refractivity contribution in [1.82, 2.24) is 0 Å². The average molecular weight is 205 g/mol. The molecule has 0 amide bonds. The topological polar surface area (TPSA) is 23.8 Å². The molecule has 1 heteroatoms. The van der Waals surface area contributed by atoms with Gasteiger partial charge in [-0.05, 0) is 34.4 Å². The fourth-order valence-electron chi connectivity index (χ4n) is 2.57. The predicted molar refractivity (Wildman–Crippen MR) is 65.9 cm³/mol. The summed E-state index contributed by atoms with van der Waals surface area (Å²) in [6.07, 6.45) is 0. The molecule has 0 aliphatic heterocycles. The normalized spacial score (nSPS) is 22.4. The van der Waals surface area contributed by atoms with Crippen molar-refractivity contribution < 1.29 is 0 Å². The maximum Gasteiger partial charge on any atom is 0.105 e. The fraction of sp³-hybridized carbons (Fsp3) is 0.133. The van der Waals surface area contributed by atoms with Gasteiger partial charge in [-0.15, -0.1) is 0 Å². The van der Waals surface area contributed by atoms with Crippen LogP contribution < -0.4 is 0 Å². The summed E-state index contributed by atoms with van der Waals surface area (Å²) in [6, 6.07) is 14.7. The van der Waals surface area contributed by atoms with Gasteiger partial charge in [-0.1, -0.05) is 43.0 Å². The van der Waals surface area contributed by atoms with Gasteiger partial charge < -0.3 is 0 Å². The van der Waals surface area contributed by atoms with Gasteiger partial charge in [-0.3, -0.25) is 0 Å². The molecule has 0 saturated carbocycles. The van der Waals surface area contributed by atoms with Crippen molar-refractivity contribution in [3.05, 3.63) is 54.1 Å². The van der Waals surface area contributed by atoms with Gasteiger partial charge in [0.15, 0.2) is 0 Å². The third kappa shape index (κ3) is 0.851. The minimum Gasteiger partial charge on any atom is -0.197 e. The van der Waals surface area contributed by atoms with E-state index in [1.807, 2.05) is 25.1 Å². The Bertz CT molecular complexity index is 655. The van der Waals surface area contributed by atoms with E-state index in [1.54, 1.807) is 0 Å². The van der Waals surface area contributed by atoms with E-state index in [4.69, 9.17) is 0 Å². The molecule has 0 saturated heterocycles. The molecule has 0 N–H and O–H groups in total. The van der Waals surface area contributed by atoms with E-state index in [0.717, 1.165) is 16.7 Å². The lowest BCUT2D eigenvalue weighted by Crippen LogP contribution is -2.16. The summed E-state index contributed by atoms with van der Waals surface area (Å²) in [4.78, 5) is 0. The summed E-state index contributed by atoms with van der Waals surface area (Å²) in [5.74, 6) is 0. The molecule has 2 aromatic rings. The molecule has 0 aromatic heterocycles. The zero-order valence-corrected chi connectivity index (χ0v) is 9.12. The van der Waals surface area contributed by atoms with Crippen molar-refractivity contribution in [2.24, 2.45) is 0 Å². The highest BCUT2D eigenvalue weighted by atomic mass is 14.4. The first-order valence-electron chi connectivity index (χ1n) is 5.32. The Balaban J connectivity index is 2.56. The summed E-state index contributed by atoms with van der Waals surface area (Å²) in [6.45, 7) is 6.04. The molecule has 1 aliphatic carbocycles. The highest BCUT2D eigenvalue weighted by molar-refractivity contribution is 6.05. The number of nitrogens with zero attached hydrogens (tertiary/aromatic N) is 1. The molecule has 0 radical (unpaired) electrons. The van der Waals surface area contributed by atoms with Crippen LogP contribution >= 0.6 is 0 Å². The van der Waals surface area contributed by atoms with E-state index in [-0.39, 0.29) is 0 Å². The number of benzene rings is 2. The molecule has 0 fully saturated rings. The fourth-order valence-corrected chi connectivity index (χ4v) is 2.57. The second kappa shape index (κ2) is 2.74. The third-order valence-electron chi connectivity index (χ3n) is 3.60. The van der Waals surface area contributed by atoms with Crippen LogP contribution in [0.1, 0.15) is 18.1 Å². The average Bonchev–Trinajstić information content (AvgIpc) is 2.55. The number of nitriles is 1. The summed E-state index contributed by atoms with van der Waals surface area (Å²) < 4.78 is 0. The number of allylic oxidation sites excluding steroid dienone is 1. The van der Waals surface area contributed by atoms with Gasteiger partial charge >= 0.3 is 0 Å². The Labute approximate surface area is 94.6 Å². The minimum absolute atomic E-state index is 0.566. The summed E-state index contributed by atoms with van der Waals surface area (Å²) >= 11 is 0. The molecular formula is C15H11N. The van der Waals surface area contributed by atoms with Crippen LogP contribution in [0.3, 0.4) is 0 Å². The monoisotopic (exact) mass is 205 g/mol. The van der Waals surface area contributed by atoms with Gasteiger partial charge in [-0.2, -0.15) is 5.26 Å². The van der Waals surface area contributed by atoms with Gasteiger partial charge in [0.2, 0.25) is 0 Å². The molecule has 0 heterocycles. The maximum atomic E-state index is 9.41. The van der Waals surface area contributed by atoms with E-state index in [2.05, 4.69) is 30.8 Å². The van der Waals surface area contributed by atoms with Crippen LogP contribution in [0.5, 0.6) is 0 Å². The molecule has 3 rings (SSSR count). The van der Waals surface area contributed by atoms with Gasteiger partial charge in [0.05, 0.1) is 6.07 Å². The molecule has 1 atom stereocenters. The van der Waals surface area contributed by atoms with E-state index < -0.39 is 5.41 Å². The molecular weight excluding hydrogens is 194 g/mol. The first-order chi connectivity index (χ1) is 7.68. The van der Waals surface area contributed by atoms with Crippen molar-refractivity contribution in [1.29, 1.82) is 5.26 Å². The molecule has 1 unspecified atom stereocenters. The molecule has 0 spiro atoms. The number of rotatable bonds is 0. The van der Waals surface area contributed by atoms with Crippen LogP contribution in [0.25, 0.3) is 16.3 Å². The van der Waals surface area contributed by atoms with Crippen LogP contribution in [-0.4, -0.2) is 0 Å². The van der Waals surface area contributed by atoms with Crippen LogP contribution in [0.4, 0.5) is 0 Å². The van der Waals surface area contributed by atoms with Gasteiger partial charge in [0.25, 0.3) is 0 Å². The third-order valence-corrected chi connectivity index (χ3v) is 3.60. The standard InChI is InChI=1S/C15H11N/c1-10-12-7-3-5-11-6-4-8-13(14(11)12)15(10,2)9-16/h3-8H,1H2,2H3. The molecule has 0 bridgehead atoms. The first kappa shape index (κ1) is 9.18. The minimum atomic E-state index is -0.566. The highest BCUT2D eigenvalue weighted by Crippen LogP contribution is 2.48. The highest BCUT2D eigenvalue weighted by Gasteiger charge is 2.38. The Morgan fingerprint density at radius 2 is 1.88 bits per heavy atom. The summed E-state index contributed by atoms with van der Waals surface area (Å²) in [5.41, 5.74) is 2.57. The van der Waals surface area contributed by atoms with E-state index >= 15 is 0 Å². The SMILES string of the molecule is C=C1c2cccc3cccc(c23)C1(C)C#N. The van der Waals surface area contributed by atoms with Crippen LogP contribution in [-0.2, 0) is 5.41 Å². The quantitative estimate of drug-likeness (QED) is 0.644. The lowest BCUT2D eigenvalue weighted by molar-refractivity contribution is 0.825. The van der Waals surface area contributed by atoms with Crippen molar-refractivity contribution in [3.8, 4) is 6.07 Å². The zero-order valence-electron chi connectivity index (χ0n) is 9.12. The summed E-state index contributed by atoms with van der Waals surface area (Å²) in [7, 11) is 0. The molecule has 1 aliphatic rings. The second-order valence-corrected chi connectivity index (χ2v) is 4.42. The van der Waals surface area contributed by atoms with E-state index in [9.17, 15) is 5.26 Å². The van der Waals surface area contributed by atoms with E-state index in [1.165, 1.54) is 10.8 Å². The van der Waals surface area contributed by atoms with Crippen molar-refractivity contribution >= 4 is 16.3 Å². The van der Waals surface area contributed by atoms with Crippen LogP contribution in [0, 0.1) is 11.3 Å². The number of hydrogen-bond donors (Lipinski definition) is 0. The van der Waals surface area contributed by atoms with Gasteiger partial charge in [-0.25, -0.2) is 0 Å². The molecule has 1 nitrogen and oxygen atoms in total. The zero-order chi connectivity index (χ0) is 11.3. The van der Waals surface area contributed by atoms with Gasteiger partial charge in [0, 0.05) is 0 Å². The number of hydrogen-bond acceptors (Lipinski definition) is 1. The Morgan fingerprint density at radius 1 is 1.19 bits per heavy atom. The van der Waals surface area contributed by atoms with Crippen molar-refractivity contribution in [2.75, 3.05) is 0 Å². The Kier molecular flexibility index (Phi) is 1.57. The summed E-state index contributed by atoms with van der Waals surface area (Å²) in [5, 5.41) is 11.8. The Morgan fingerprint density at radius 3 is 2.56 bits per heavy atom. The first-order valence-corrected chi connectivity index (χ1v) is 5.32. The lowest BCUT2D eigenvalue weighted by atomic mass is 9.82. The largest absolute Gasteiger partial charge is 0.197 e. The molecule has 2 aromatic carbocycles. The smallest absolute Gasteiger partial charge is 0.105 e. The van der Waals surface area contributed by atoms with Crippen LogP contribution in [0.15, 0.2) is 43.0 Å². The van der Waals surface area contributed by atoms with Crippen LogP contribution in [0.2, 0.25) is 0 Å².